The number of fused-ring (bicyclic) bond motifs is 2. The van der Waals surface area contributed by atoms with Crippen LogP contribution in [0.15, 0.2) is 103 Å². The molecule has 0 fully saturated rings. The van der Waals surface area contributed by atoms with Crippen LogP contribution in [0.1, 0.15) is 44.4 Å². The Balaban J connectivity index is 1.61. The quantitative estimate of drug-likeness (QED) is 0.278. The number of carbonyl (C=O) groups is 1. The summed E-state index contributed by atoms with van der Waals surface area (Å²) < 4.78 is 11.3. The fraction of sp³-hybridized carbons (Fsp3) is 0.129. The van der Waals surface area contributed by atoms with Crippen LogP contribution in [0.25, 0.3) is 10.9 Å². The van der Waals surface area contributed by atoms with E-state index in [1.165, 1.54) is 5.56 Å². The number of hydrogen-bond donors (Lipinski definition) is 1. The van der Waals surface area contributed by atoms with Gasteiger partial charge in [-0.25, -0.2) is 0 Å². The van der Waals surface area contributed by atoms with Crippen molar-refractivity contribution in [1.82, 2.24) is 4.98 Å². The highest BCUT2D eigenvalue weighted by atomic mass is 16.7. The van der Waals surface area contributed by atoms with E-state index in [0.29, 0.717) is 11.3 Å². The van der Waals surface area contributed by atoms with Crippen molar-refractivity contribution in [2.75, 3.05) is 6.79 Å². The molecule has 0 saturated carbocycles. The van der Waals surface area contributed by atoms with E-state index in [1.807, 2.05) is 72.8 Å². The summed E-state index contributed by atoms with van der Waals surface area (Å²) in [6, 6.07) is 32.0. The van der Waals surface area contributed by atoms with Gasteiger partial charge in [-0.3, -0.25) is 4.79 Å². The molecule has 0 bridgehead atoms. The number of Topliss-reactive ketones (excluding diaryl/α,β-unsaturated/α-hetero) is 1. The van der Waals surface area contributed by atoms with E-state index in [0.717, 1.165) is 33.3 Å². The standard InChI is InChI=1S/C31H25NO3/c1-20-9-8-14-24-25(18-32-30(20)24)28(23-15-16-26-27(17-23)35-19-34-26)29(21-10-4-2-5-11-21)31(33)22-12-6-3-7-13-22/h2-18,28-29,32H,19H2,1H3. The van der Waals surface area contributed by atoms with Gasteiger partial charge in [0.25, 0.3) is 0 Å². The number of aryl methyl sites for hydroxylation is 1. The van der Waals surface area contributed by atoms with Crippen molar-refractivity contribution in [2.24, 2.45) is 0 Å². The fourth-order valence-corrected chi connectivity index (χ4v) is 5.18. The second-order valence-corrected chi connectivity index (χ2v) is 8.95. The van der Waals surface area contributed by atoms with Gasteiger partial charge in [-0.2, -0.15) is 0 Å². The second-order valence-electron chi connectivity index (χ2n) is 8.95. The van der Waals surface area contributed by atoms with Crippen molar-refractivity contribution in [3.63, 3.8) is 0 Å². The van der Waals surface area contributed by atoms with Gasteiger partial charge in [-0.15, -0.1) is 0 Å². The summed E-state index contributed by atoms with van der Waals surface area (Å²) in [6.07, 6.45) is 2.06. The number of rotatable bonds is 6. The Morgan fingerprint density at radius 1 is 0.800 bits per heavy atom. The predicted molar refractivity (Wildman–Crippen MR) is 137 cm³/mol. The van der Waals surface area contributed by atoms with Crippen molar-refractivity contribution in [3.05, 3.63) is 131 Å². The van der Waals surface area contributed by atoms with E-state index in [-0.39, 0.29) is 18.5 Å². The minimum absolute atomic E-state index is 0.0847. The Labute approximate surface area is 204 Å². The van der Waals surface area contributed by atoms with Crippen LogP contribution in [0.2, 0.25) is 0 Å². The van der Waals surface area contributed by atoms with Gasteiger partial charge in [0.05, 0.1) is 5.92 Å². The van der Waals surface area contributed by atoms with Crippen LogP contribution in [-0.4, -0.2) is 17.6 Å². The maximum atomic E-state index is 14.2. The third-order valence-electron chi connectivity index (χ3n) is 6.88. The number of nitrogens with one attached hydrogen (secondary N) is 1. The first-order chi connectivity index (χ1) is 17.2. The topological polar surface area (TPSA) is 51.3 Å². The number of hydrogen-bond acceptors (Lipinski definition) is 3. The number of para-hydroxylation sites is 1. The first-order valence-electron chi connectivity index (χ1n) is 11.8. The average molecular weight is 460 g/mol. The van der Waals surface area contributed by atoms with Crippen molar-refractivity contribution < 1.29 is 14.3 Å². The van der Waals surface area contributed by atoms with E-state index >= 15 is 0 Å². The van der Waals surface area contributed by atoms with Gasteiger partial charge in [0.2, 0.25) is 6.79 Å². The van der Waals surface area contributed by atoms with E-state index in [4.69, 9.17) is 9.47 Å². The van der Waals surface area contributed by atoms with Crippen molar-refractivity contribution in [3.8, 4) is 11.5 Å². The zero-order valence-electron chi connectivity index (χ0n) is 19.4. The van der Waals surface area contributed by atoms with Gasteiger partial charge < -0.3 is 14.5 Å². The molecule has 0 spiro atoms. The van der Waals surface area contributed by atoms with E-state index in [1.54, 1.807) is 0 Å². The molecule has 4 heteroatoms. The van der Waals surface area contributed by atoms with Crippen molar-refractivity contribution in [2.45, 2.75) is 18.8 Å². The maximum absolute atomic E-state index is 14.2. The summed E-state index contributed by atoms with van der Waals surface area (Å²) in [4.78, 5) is 17.7. The number of carbonyl (C=O) groups excluding carboxylic acids is 1. The van der Waals surface area contributed by atoms with Crippen LogP contribution >= 0.6 is 0 Å². The third-order valence-corrected chi connectivity index (χ3v) is 6.88. The lowest BCUT2D eigenvalue weighted by Crippen LogP contribution is -2.22. The molecule has 0 saturated heterocycles. The van der Waals surface area contributed by atoms with Crippen LogP contribution < -0.4 is 9.47 Å². The molecule has 4 aromatic carbocycles. The second kappa shape index (κ2) is 8.80. The van der Waals surface area contributed by atoms with Crippen LogP contribution in [0.3, 0.4) is 0 Å². The first kappa shape index (κ1) is 21.2. The van der Waals surface area contributed by atoms with Crippen LogP contribution in [-0.2, 0) is 0 Å². The predicted octanol–water partition coefficient (Wildman–Crippen LogP) is 7.00. The average Bonchev–Trinajstić information content (AvgIpc) is 3.55. The summed E-state index contributed by atoms with van der Waals surface area (Å²) in [5, 5.41) is 1.12. The largest absolute Gasteiger partial charge is 0.454 e. The van der Waals surface area contributed by atoms with Gasteiger partial charge >= 0.3 is 0 Å². The fourth-order valence-electron chi connectivity index (χ4n) is 5.18. The Morgan fingerprint density at radius 3 is 2.34 bits per heavy atom. The molecule has 0 aliphatic carbocycles. The summed E-state index contributed by atoms with van der Waals surface area (Å²) in [6.45, 7) is 2.31. The molecule has 1 N–H and O–H groups in total. The number of ether oxygens (including phenoxy) is 2. The Hall–Kier alpha value is -4.31. The van der Waals surface area contributed by atoms with Crippen LogP contribution in [0.4, 0.5) is 0 Å². The smallest absolute Gasteiger partial charge is 0.231 e. The number of aromatic amines is 1. The summed E-state index contributed by atoms with van der Waals surface area (Å²) in [5.74, 6) is 0.852. The zero-order valence-corrected chi connectivity index (χ0v) is 19.4. The van der Waals surface area contributed by atoms with E-state index in [2.05, 4.69) is 42.4 Å². The minimum Gasteiger partial charge on any atom is -0.454 e. The highest BCUT2D eigenvalue weighted by Crippen LogP contribution is 2.46. The first-order valence-corrected chi connectivity index (χ1v) is 11.8. The molecule has 4 nitrogen and oxygen atoms in total. The molecular formula is C31H25NO3. The Bertz CT molecular complexity index is 1500. The summed E-state index contributed by atoms with van der Waals surface area (Å²) >= 11 is 0. The summed E-state index contributed by atoms with van der Waals surface area (Å²) in [7, 11) is 0. The molecule has 1 aliphatic heterocycles. The van der Waals surface area contributed by atoms with Crippen molar-refractivity contribution >= 4 is 16.7 Å². The lowest BCUT2D eigenvalue weighted by molar-refractivity contribution is 0.0951. The molecule has 172 valence electrons. The molecule has 5 aromatic rings. The molecule has 0 amide bonds. The molecule has 2 atom stereocenters. The molecule has 2 unspecified atom stereocenters. The van der Waals surface area contributed by atoms with Crippen LogP contribution in [0.5, 0.6) is 11.5 Å². The molecule has 1 aliphatic rings. The molecule has 2 heterocycles. The van der Waals surface area contributed by atoms with Gasteiger partial charge in [0.15, 0.2) is 17.3 Å². The highest BCUT2D eigenvalue weighted by Gasteiger charge is 2.35. The normalized spacial score (nSPS) is 14.1. The molecule has 1 aromatic heterocycles. The molecule has 0 radical (unpaired) electrons. The van der Waals surface area contributed by atoms with E-state index in [9.17, 15) is 4.79 Å². The maximum Gasteiger partial charge on any atom is 0.231 e. The lowest BCUT2D eigenvalue weighted by Gasteiger charge is -2.28. The molecule has 6 rings (SSSR count). The number of benzene rings is 4. The van der Waals surface area contributed by atoms with Gasteiger partial charge in [0.1, 0.15) is 0 Å². The van der Waals surface area contributed by atoms with Crippen LogP contribution in [0, 0.1) is 6.92 Å². The van der Waals surface area contributed by atoms with Gasteiger partial charge in [0, 0.05) is 28.6 Å². The summed E-state index contributed by atoms with van der Waals surface area (Å²) in [5.41, 5.74) is 6.03. The Morgan fingerprint density at radius 2 is 1.54 bits per heavy atom. The number of aromatic nitrogens is 1. The third kappa shape index (κ3) is 3.77. The minimum atomic E-state index is -0.432. The monoisotopic (exact) mass is 459 g/mol. The van der Waals surface area contributed by atoms with Crippen molar-refractivity contribution in [1.29, 1.82) is 0 Å². The van der Waals surface area contributed by atoms with Gasteiger partial charge in [-0.1, -0.05) is 84.9 Å². The SMILES string of the molecule is Cc1cccc2c(C(c3ccc4c(c3)OCO4)C(C(=O)c3ccccc3)c3ccccc3)c[nH]c12. The Kier molecular flexibility index (Phi) is 5.34. The lowest BCUT2D eigenvalue weighted by atomic mass is 9.73. The molecule has 35 heavy (non-hydrogen) atoms. The van der Waals surface area contributed by atoms with Gasteiger partial charge in [-0.05, 0) is 41.3 Å². The highest BCUT2D eigenvalue weighted by molar-refractivity contribution is 6.02. The number of H-pyrrole nitrogens is 1. The zero-order chi connectivity index (χ0) is 23.8. The van der Waals surface area contributed by atoms with E-state index < -0.39 is 5.92 Å². The molecular weight excluding hydrogens is 434 g/mol. The number of ketones is 1.